The highest BCUT2D eigenvalue weighted by Gasteiger charge is 2.24. The molecular formula is C27H24ClNO3. The van der Waals surface area contributed by atoms with E-state index in [1.807, 2.05) is 72.8 Å². The number of hydrogen-bond donors (Lipinski definition) is 0. The fourth-order valence-corrected chi connectivity index (χ4v) is 3.43. The van der Waals surface area contributed by atoms with Gasteiger partial charge >= 0.3 is 5.97 Å². The van der Waals surface area contributed by atoms with Crippen molar-refractivity contribution in [2.45, 2.75) is 32.8 Å². The SMILES string of the molecule is CC(C)(C)c1ccc(C2=N/C(=C\c3ccc(OCc4ccccc4Cl)cc3)C(=O)O2)cc1. The summed E-state index contributed by atoms with van der Waals surface area (Å²) in [6.45, 7) is 6.85. The van der Waals surface area contributed by atoms with Crippen LogP contribution in [0.3, 0.4) is 0 Å². The molecule has 0 saturated heterocycles. The molecule has 4 nitrogen and oxygen atoms in total. The van der Waals surface area contributed by atoms with Crippen molar-refractivity contribution < 1.29 is 14.3 Å². The zero-order chi connectivity index (χ0) is 22.7. The minimum absolute atomic E-state index is 0.0565. The molecule has 0 atom stereocenters. The first kappa shape index (κ1) is 21.8. The summed E-state index contributed by atoms with van der Waals surface area (Å²) in [5, 5.41) is 0.676. The van der Waals surface area contributed by atoms with Crippen molar-refractivity contribution >= 4 is 29.5 Å². The summed E-state index contributed by atoms with van der Waals surface area (Å²) in [5.41, 5.74) is 4.06. The van der Waals surface area contributed by atoms with Crippen LogP contribution >= 0.6 is 11.6 Å². The average molecular weight is 446 g/mol. The molecule has 3 aromatic rings. The molecule has 0 unspecified atom stereocenters. The maximum Gasteiger partial charge on any atom is 0.363 e. The third-order valence-electron chi connectivity index (χ3n) is 5.15. The quantitative estimate of drug-likeness (QED) is 0.330. The van der Waals surface area contributed by atoms with Crippen LogP contribution in [0.15, 0.2) is 83.5 Å². The second-order valence-electron chi connectivity index (χ2n) is 8.61. The number of carbonyl (C=O) groups excluding carboxylic acids is 1. The van der Waals surface area contributed by atoms with E-state index in [9.17, 15) is 4.79 Å². The first-order valence-corrected chi connectivity index (χ1v) is 10.8. The maximum atomic E-state index is 12.3. The lowest BCUT2D eigenvalue weighted by molar-refractivity contribution is -0.129. The first-order chi connectivity index (χ1) is 15.3. The molecule has 0 radical (unpaired) electrons. The van der Waals surface area contributed by atoms with Gasteiger partial charge in [-0.1, -0.05) is 74.8 Å². The summed E-state index contributed by atoms with van der Waals surface area (Å²) < 4.78 is 11.2. The number of nitrogens with zero attached hydrogens (tertiary/aromatic N) is 1. The van der Waals surface area contributed by atoms with E-state index in [1.54, 1.807) is 6.08 Å². The Labute approximate surface area is 193 Å². The summed E-state index contributed by atoms with van der Waals surface area (Å²) in [5.74, 6) is 0.574. The van der Waals surface area contributed by atoms with E-state index in [-0.39, 0.29) is 11.1 Å². The minimum Gasteiger partial charge on any atom is -0.489 e. The Morgan fingerprint density at radius 2 is 1.66 bits per heavy atom. The Bertz CT molecular complexity index is 1190. The highest BCUT2D eigenvalue weighted by molar-refractivity contribution is 6.31. The van der Waals surface area contributed by atoms with Gasteiger partial charge in [0.15, 0.2) is 5.70 Å². The molecule has 4 rings (SSSR count). The summed E-state index contributed by atoms with van der Waals surface area (Å²) in [6, 6.07) is 22.9. The van der Waals surface area contributed by atoms with Gasteiger partial charge in [0.25, 0.3) is 0 Å². The van der Waals surface area contributed by atoms with Gasteiger partial charge in [0, 0.05) is 16.1 Å². The Morgan fingerprint density at radius 3 is 2.31 bits per heavy atom. The number of rotatable bonds is 5. The summed E-state index contributed by atoms with van der Waals surface area (Å²) >= 11 is 6.16. The van der Waals surface area contributed by atoms with Gasteiger partial charge in [-0.25, -0.2) is 9.79 Å². The smallest absolute Gasteiger partial charge is 0.363 e. The second-order valence-corrected chi connectivity index (χ2v) is 9.02. The standard InChI is InChI=1S/C27H24ClNO3/c1-27(2,3)21-12-10-19(11-13-21)25-29-24(26(30)32-25)16-18-8-14-22(15-9-18)31-17-20-6-4-5-7-23(20)28/h4-16H,17H2,1-3H3/b24-16-. The molecular weight excluding hydrogens is 422 g/mol. The lowest BCUT2D eigenvalue weighted by atomic mass is 9.87. The van der Waals surface area contributed by atoms with Gasteiger partial charge in [0.05, 0.1) is 0 Å². The van der Waals surface area contributed by atoms with E-state index in [0.717, 1.165) is 16.7 Å². The Kier molecular flexibility index (Phi) is 6.15. The van der Waals surface area contributed by atoms with Crippen LogP contribution in [-0.2, 0) is 21.6 Å². The third-order valence-corrected chi connectivity index (χ3v) is 5.52. The van der Waals surface area contributed by atoms with Crippen molar-refractivity contribution in [3.63, 3.8) is 0 Å². The van der Waals surface area contributed by atoms with Crippen LogP contribution in [0.2, 0.25) is 5.02 Å². The van der Waals surface area contributed by atoms with E-state index in [0.29, 0.717) is 23.3 Å². The largest absolute Gasteiger partial charge is 0.489 e. The number of ether oxygens (including phenoxy) is 2. The molecule has 0 aromatic heterocycles. The zero-order valence-corrected chi connectivity index (χ0v) is 19.0. The predicted molar refractivity (Wildman–Crippen MR) is 128 cm³/mol. The van der Waals surface area contributed by atoms with Gasteiger partial charge in [0.2, 0.25) is 5.90 Å². The number of benzene rings is 3. The molecule has 1 aliphatic heterocycles. The molecule has 5 heteroatoms. The second kappa shape index (κ2) is 9.01. The Morgan fingerprint density at radius 1 is 0.969 bits per heavy atom. The highest BCUT2D eigenvalue weighted by atomic mass is 35.5. The predicted octanol–water partition coefficient (Wildman–Crippen LogP) is 6.56. The average Bonchev–Trinajstić information content (AvgIpc) is 3.14. The number of carbonyl (C=O) groups is 1. The highest BCUT2D eigenvalue weighted by Crippen LogP contribution is 2.25. The van der Waals surface area contributed by atoms with Crippen molar-refractivity contribution in [3.05, 3.63) is 106 Å². The van der Waals surface area contributed by atoms with Gasteiger partial charge in [-0.3, -0.25) is 0 Å². The fourth-order valence-electron chi connectivity index (χ4n) is 3.24. The minimum atomic E-state index is -0.459. The molecule has 0 bridgehead atoms. The van der Waals surface area contributed by atoms with Gasteiger partial charge in [-0.05, 0) is 52.9 Å². The van der Waals surface area contributed by atoms with Crippen LogP contribution in [0.25, 0.3) is 6.08 Å². The number of aliphatic imine (C=N–C) groups is 1. The summed E-state index contributed by atoms with van der Waals surface area (Å²) in [6.07, 6.45) is 1.71. The maximum absolute atomic E-state index is 12.3. The first-order valence-electron chi connectivity index (χ1n) is 10.4. The molecule has 0 amide bonds. The van der Waals surface area contributed by atoms with Crippen LogP contribution < -0.4 is 4.74 Å². The molecule has 3 aromatic carbocycles. The molecule has 0 saturated carbocycles. The van der Waals surface area contributed by atoms with Gasteiger partial charge in [-0.15, -0.1) is 0 Å². The van der Waals surface area contributed by atoms with E-state index >= 15 is 0 Å². The lowest BCUT2D eigenvalue weighted by Crippen LogP contribution is -2.11. The van der Waals surface area contributed by atoms with Crippen molar-refractivity contribution in [2.24, 2.45) is 4.99 Å². The molecule has 32 heavy (non-hydrogen) atoms. The number of hydrogen-bond acceptors (Lipinski definition) is 4. The molecule has 162 valence electrons. The molecule has 0 aliphatic carbocycles. The van der Waals surface area contributed by atoms with Crippen molar-refractivity contribution in [3.8, 4) is 5.75 Å². The van der Waals surface area contributed by atoms with Crippen LogP contribution in [0, 0.1) is 0 Å². The molecule has 0 N–H and O–H groups in total. The van der Waals surface area contributed by atoms with E-state index in [2.05, 4.69) is 25.8 Å². The van der Waals surface area contributed by atoms with Crippen LogP contribution in [0.1, 0.15) is 43.0 Å². The number of cyclic esters (lactones) is 1. The van der Waals surface area contributed by atoms with Gasteiger partial charge < -0.3 is 9.47 Å². The van der Waals surface area contributed by atoms with Gasteiger partial charge in [0.1, 0.15) is 12.4 Å². The van der Waals surface area contributed by atoms with Crippen molar-refractivity contribution in [1.29, 1.82) is 0 Å². The molecule has 0 fully saturated rings. The van der Waals surface area contributed by atoms with Gasteiger partial charge in [-0.2, -0.15) is 0 Å². The fraction of sp³-hybridized carbons (Fsp3) is 0.185. The molecule has 0 spiro atoms. The summed E-state index contributed by atoms with van der Waals surface area (Å²) in [4.78, 5) is 16.7. The number of esters is 1. The van der Waals surface area contributed by atoms with Crippen LogP contribution in [0.4, 0.5) is 0 Å². The van der Waals surface area contributed by atoms with Crippen molar-refractivity contribution in [1.82, 2.24) is 0 Å². The Hall–Kier alpha value is -3.37. The topological polar surface area (TPSA) is 47.9 Å². The normalized spacial score (nSPS) is 14.9. The van der Waals surface area contributed by atoms with Crippen molar-refractivity contribution in [2.75, 3.05) is 0 Å². The van der Waals surface area contributed by atoms with E-state index in [4.69, 9.17) is 21.1 Å². The molecule has 1 aliphatic rings. The van der Waals surface area contributed by atoms with Crippen LogP contribution in [0.5, 0.6) is 5.75 Å². The van der Waals surface area contributed by atoms with Crippen LogP contribution in [-0.4, -0.2) is 11.9 Å². The third kappa shape index (κ3) is 5.09. The monoisotopic (exact) mass is 445 g/mol. The Balaban J connectivity index is 1.45. The lowest BCUT2D eigenvalue weighted by Gasteiger charge is -2.18. The molecule has 1 heterocycles. The van der Waals surface area contributed by atoms with E-state index < -0.39 is 5.97 Å². The summed E-state index contributed by atoms with van der Waals surface area (Å²) in [7, 11) is 0. The zero-order valence-electron chi connectivity index (χ0n) is 18.3. The van der Waals surface area contributed by atoms with E-state index in [1.165, 1.54) is 5.56 Å². The number of halogens is 1.